The van der Waals surface area contributed by atoms with Crippen molar-refractivity contribution in [3.8, 4) is 0 Å². The summed E-state index contributed by atoms with van der Waals surface area (Å²) in [5.41, 5.74) is 0.307. The number of piperidine rings is 1. The Labute approximate surface area is 217 Å². The molecule has 1 aliphatic rings. The highest BCUT2D eigenvalue weighted by Crippen LogP contribution is 2.24. The number of aryl methyl sites for hydroxylation is 1. The van der Waals surface area contributed by atoms with Gasteiger partial charge < -0.3 is 15.4 Å². The highest BCUT2D eigenvalue weighted by Gasteiger charge is 2.30. The zero-order chi connectivity index (χ0) is 27.6. The Balaban J connectivity index is 1.51. The molecule has 38 heavy (non-hydrogen) atoms. The minimum Gasteiger partial charge on any atom is -0.444 e. The Morgan fingerprint density at radius 1 is 1.16 bits per heavy atom. The molecule has 3 aromatic rings. The number of carbonyl (C=O) groups excluding carboxylic acids is 4. The van der Waals surface area contributed by atoms with Gasteiger partial charge >= 0.3 is 6.09 Å². The molecule has 3 N–H and O–H groups in total. The number of ether oxygens (including phenoxy) is 1. The van der Waals surface area contributed by atoms with Crippen LogP contribution in [0.2, 0.25) is 0 Å². The lowest BCUT2D eigenvalue weighted by atomic mass is 10.1. The van der Waals surface area contributed by atoms with E-state index in [-0.39, 0.29) is 47.7 Å². The quantitative estimate of drug-likeness (QED) is 0.432. The van der Waals surface area contributed by atoms with Gasteiger partial charge in [0.25, 0.3) is 11.5 Å². The number of carbonyl (C=O) groups is 4. The third-order valence-corrected chi connectivity index (χ3v) is 5.77. The lowest BCUT2D eigenvalue weighted by molar-refractivity contribution is -0.135. The Kier molecular flexibility index (Phi) is 7.24. The van der Waals surface area contributed by atoms with Crippen LogP contribution in [-0.4, -0.2) is 44.0 Å². The molecule has 0 saturated carbocycles. The second-order valence-electron chi connectivity index (χ2n) is 9.86. The van der Waals surface area contributed by atoms with Gasteiger partial charge in [0.05, 0.1) is 11.1 Å². The zero-order valence-electron chi connectivity index (χ0n) is 21.5. The van der Waals surface area contributed by atoms with Gasteiger partial charge in [0.15, 0.2) is 0 Å². The Morgan fingerprint density at radius 3 is 2.58 bits per heavy atom. The number of benzene rings is 1. The number of hydrogen-bond donors (Lipinski definition) is 3. The number of anilines is 1. The van der Waals surface area contributed by atoms with E-state index in [4.69, 9.17) is 4.74 Å². The van der Waals surface area contributed by atoms with Crippen LogP contribution in [0.5, 0.6) is 0 Å². The molecule has 12 nitrogen and oxygen atoms in total. The van der Waals surface area contributed by atoms with Gasteiger partial charge in [-0.2, -0.15) is 0 Å². The second-order valence-corrected chi connectivity index (χ2v) is 9.86. The average molecular weight is 521 g/mol. The molecule has 1 fully saturated rings. The van der Waals surface area contributed by atoms with E-state index in [0.29, 0.717) is 11.3 Å². The maximum Gasteiger partial charge on any atom is 0.407 e. The molecule has 3 heterocycles. The van der Waals surface area contributed by atoms with Gasteiger partial charge in [0, 0.05) is 19.2 Å². The van der Waals surface area contributed by atoms with E-state index in [2.05, 4.69) is 25.9 Å². The van der Waals surface area contributed by atoms with Crippen LogP contribution in [-0.2, 0) is 20.9 Å². The van der Waals surface area contributed by atoms with Crippen molar-refractivity contribution < 1.29 is 23.9 Å². The SMILES string of the molecule is Cc1nc2c(NC(=O)c3ccc(CNC(=O)OC(C)(C)C)cn3)cccc2c(=O)n1C1CCC(=O)NC1=O. The van der Waals surface area contributed by atoms with Crippen LogP contribution in [0.15, 0.2) is 41.3 Å². The number of hydrogen-bond acceptors (Lipinski definition) is 8. The molecule has 1 atom stereocenters. The van der Waals surface area contributed by atoms with Gasteiger partial charge in [-0.3, -0.25) is 34.0 Å². The summed E-state index contributed by atoms with van der Waals surface area (Å²) < 4.78 is 6.47. The number of amides is 4. The zero-order valence-corrected chi connectivity index (χ0v) is 21.5. The molecule has 1 aromatic carbocycles. The molecule has 12 heteroatoms. The third-order valence-electron chi connectivity index (χ3n) is 5.77. The number of nitrogens with one attached hydrogen (secondary N) is 3. The fourth-order valence-corrected chi connectivity index (χ4v) is 4.06. The van der Waals surface area contributed by atoms with E-state index in [1.807, 2.05) is 0 Å². The predicted octanol–water partition coefficient (Wildman–Crippen LogP) is 2.35. The van der Waals surface area contributed by atoms with Crippen LogP contribution < -0.4 is 21.5 Å². The fourth-order valence-electron chi connectivity index (χ4n) is 4.06. The molecular weight excluding hydrogens is 492 g/mol. The summed E-state index contributed by atoms with van der Waals surface area (Å²) in [6.45, 7) is 7.07. The van der Waals surface area contributed by atoms with E-state index in [1.165, 1.54) is 16.8 Å². The van der Waals surface area contributed by atoms with Crippen molar-refractivity contribution in [3.63, 3.8) is 0 Å². The number of para-hydroxylation sites is 1. The second kappa shape index (κ2) is 10.4. The molecule has 0 bridgehead atoms. The number of pyridine rings is 1. The Hall–Kier alpha value is -4.61. The summed E-state index contributed by atoms with van der Waals surface area (Å²) in [4.78, 5) is 70.6. The van der Waals surface area contributed by atoms with E-state index in [0.717, 1.165) is 0 Å². The van der Waals surface area contributed by atoms with Crippen molar-refractivity contribution >= 4 is 40.4 Å². The van der Waals surface area contributed by atoms with Crippen LogP contribution in [0.25, 0.3) is 10.9 Å². The molecule has 1 aliphatic heterocycles. The molecular formula is C26H28N6O6. The summed E-state index contributed by atoms with van der Waals surface area (Å²) in [7, 11) is 0. The summed E-state index contributed by atoms with van der Waals surface area (Å²) in [6, 6.07) is 7.10. The molecule has 1 unspecified atom stereocenters. The van der Waals surface area contributed by atoms with Crippen LogP contribution >= 0.6 is 0 Å². The van der Waals surface area contributed by atoms with Crippen molar-refractivity contribution in [1.29, 1.82) is 0 Å². The molecule has 0 spiro atoms. The van der Waals surface area contributed by atoms with Gasteiger partial charge in [0.2, 0.25) is 11.8 Å². The molecule has 2 aromatic heterocycles. The molecule has 1 saturated heterocycles. The number of nitrogens with zero attached hydrogens (tertiary/aromatic N) is 3. The molecule has 0 radical (unpaired) electrons. The predicted molar refractivity (Wildman–Crippen MR) is 137 cm³/mol. The molecule has 0 aliphatic carbocycles. The van der Waals surface area contributed by atoms with Crippen molar-refractivity contribution in [2.24, 2.45) is 0 Å². The standard InChI is InChI=1S/C26H28N6O6/c1-14-29-21-16(24(36)32(14)19-10-11-20(33)31-23(19)35)6-5-7-17(21)30-22(34)18-9-8-15(12-27-18)13-28-25(37)38-26(2,3)4/h5-9,12,19H,10-11,13H2,1-4H3,(H,28,37)(H,30,34)(H,31,33,35). The highest BCUT2D eigenvalue weighted by atomic mass is 16.6. The third kappa shape index (κ3) is 5.85. The van der Waals surface area contributed by atoms with Crippen LogP contribution in [0.1, 0.15) is 61.5 Å². The minimum absolute atomic E-state index is 0.122. The average Bonchev–Trinajstić information content (AvgIpc) is 2.84. The van der Waals surface area contributed by atoms with E-state index >= 15 is 0 Å². The summed E-state index contributed by atoms with van der Waals surface area (Å²) in [6.07, 6.45) is 1.23. The van der Waals surface area contributed by atoms with E-state index in [9.17, 15) is 24.0 Å². The lowest BCUT2D eigenvalue weighted by Crippen LogP contribution is -2.45. The summed E-state index contributed by atoms with van der Waals surface area (Å²) in [5.74, 6) is -1.17. The first-order chi connectivity index (χ1) is 17.9. The normalized spacial score (nSPS) is 15.6. The number of rotatable bonds is 5. The monoisotopic (exact) mass is 520 g/mol. The number of fused-ring (bicyclic) bond motifs is 1. The topological polar surface area (TPSA) is 161 Å². The Bertz CT molecular complexity index is 1490. The van der Waals surface area contributed by atoms with Gasteiger partial charge in [-0.15, -0.1) is 0 Å². The molecule has 4 rings (SSSR count). The number of imide groups is 1. The fraction of sp³-hybridized carbons (Fsp3) is 0.346. The van der Waals surface area contributed by atoms with Gasteiger partial charge in [-0.25, -0.2) is 9.78 Å². The van der Waals surface area contributed by atoms with E-state index in [1.54, 1.807) is 52.0 Å². The first-order valence-corrected chi connectivity index (χ1v) is 12.0. The smallest absolute Gasteiger partial charge is 0.407 e. The molecule has 198 valence electrons. The van der Waals surface area contributed by atoms with Crippen molar-refractivity contribution in [2.45, 2.75) is 58.7 Å². The van der Waals surface area contributed by atoms with Gasteiger partial charge in [-0.1, -0.05) is 12.1 Å². The highest BCUT2D eigenvalue weighted by molar-refractivity contribution is 6.07. The minimum atomic E-state index is -0.845. The number of alkyl carbamates (subject to hydrolysis) is 1. The summed E-state index contributed by atoms with van der Waals surface area (Å²) in [5, 5.41) is 7.84. The van der Waals surface area contributed by atoms with Crippen LogP contribution in [0, 0.1) is 6.92 Å². The number of aromatic nitrogens is 3. The van der Waals surface area contributed by atoms with Crippen molar-refractivity contribution in [2.75, 3.05) is 5.32 Å². The van der Waals surface area contributed by atoms with E-state index < -0.39 is 35.1 Å². The van der Waals surface area contributed by atoms with Gasteiger partial charge in [-0.05, 0) is 57.9 Å². The maximum atomic E-state index is 13.3. The molecule has 4 amide bonds. The van der Waals surface area contributed by atoms with Gasteiger partial charge in [0.1, 0.15) is 28.7 Å². The summed E-state index contributed by atoms with van der Waals surface area (Å²) >= 11 is 0. The first kappa shape index (κ1) is 26.5. The van der Waals surface area contributed by atoms with Crippen molar-refractivity contribution in [3.05, 3.63) is 64.0 Å². The van der Waals surface area contributed by atoms with Crippen LogP contribution in [0.4, 0.5) is 10.5 Å². The van der Waals surface area contributed by atoms with Crippen LogP contribution in [0.3, 0.4) is 0 Å². The maximum absolute atomic E-state index is 13.3. The largest absolute Gasteiger partial charge is 0.444 e. The first-order valence-electron chi connectivity index (χ1n) is 12.0. The van der Waals surface area contributed by atoms with Crippen molar-refractivity contribution in [1.82, 2.24) is 25.2 Å². The lowest BCUT2D eigenvalue weighted by Gasteiger charge is -2.24. The Morgan fingerprint density at radius 2 is 1.92 bits per heavy atom.